The van der Waals surface area contributed by atoms with Gasteiger partial charge in [-0.2, -0.15) is 0 Å². The fraction of sp³-hybridized carbons (Fsp3) is 0.0556. The van der Waals surface area contributed by atoms with E-state index in [0.29, 0.717) is 10.6 Å². The van der Waals surface area contributed by atoms with Crippen LogP contribution in [0.4, 0.5) is 0 Å². The number of aromatic hydroxyl groups is 1. The van der Waals surface area contributed by atoms with Crippen LogP contribution in [0.2, 0.25) is 0 Å². The van der Waals surface area contributed by atoms with Crippen LogP contribution in [0.25, 0.3) is 6.08 Å². The van der Waals surface area contributed by atoms with Crippen molar-refractivity contribution in [2.24, 2.45) is 0 Å². The van der Waals surface area contributed by atoms with E-state index >= 15 is 0 Å². The highest BCUT2D eigenvalue weighted by Crippen LogP contribution is 2.26. The lowest BCUT2D eigenvalue weighted by Crippen LogP contribution is -1.95. The number of hydrogen-bond donors (Lipinski definition) is 1. The second-order valence-electron chi connectivity index (χ2n) is 4.52. The van der Waals surface area contributed by atoms with Crippen molar-refractivity contribution in [3.05, 3.63) is 76.8 Å². The highest BCUT2D eigenvalue weighted by molar-refractivity contribution is 6.33. The smallest absolute Gasteiger partial charge is 0.186 e. The van der Waals surface area contributed by atoms with E-state index in [1.165, 1.54) is 37.5 Å². The number of ketones is 1. The van der Waals surface area contributed by atoms with Crippen molar-refractivity contribution < 1.29 is 14.6 Å². The SMILES string of the molecule is COc1cc(C(=O)/C=C/C(Cl)=C/c2ccccc2)ccc1O. The van der Waals surface area contributed by atoms with Crippen LogP contribution in [0, 0.1) is 0 Å². The summed E-state index contributed by atoms with van der Waals surface area (Å²) in [6.07, 6.45) is 4.69. The first-order chi connectivity index (χ1) is 10.6. The third kappa shape index (κ3) is 4.24. The van der Waals surface area contributed by atoms with Gasteiger partial charge in [0.2, 0.25) is 0 Å². The molecule has 1 N–H and O–H groups in total. The van der Waals surface area contributed by atoms with Gasteiger partial charge in [0.1, 0.15) is 0 Å². The minimum atomic E-state index is -0.224. The number of carbonyl (C=O) groups excluding carboxylic acids is 1. The summed E-state index contributed by atoms with van der Waals surface area (Å²) in [5.74, 6) is 0.0214. The fourth-order valence-corrected chi connectivity index (χ4v) is 2.03. The maximum absolute atomic E-state index is 12.1. The summed E-state index contributed by atoms with van der Waals surface area (Å²) >= 11 is 6.09. The number of carbonyl (C=O) groups is 1. The minimum Gasteiger partial charge on any atom is -0.504 e. The van der Waals surface area contributed by atoms with Crippen LogP contribution in [0.15, 0.2) is 65.7 Å². The maximum Gasteiger partial charge on any atom is 0.186 e. The second-order valence-corrected chi connectivity index (χ2v) is 4.96. The van der Waals surface area contributed by atoms with Crippen LogP contribution in [0.5, 0.6) is 11.5 Å². The lowest BCUT2D eigenvalue weighted by molar-refractivity contribution is 0.104. The molecule has 0 bridgehead atoms. The molecule has 4 heteroatoms. The molecule has 0 saturated carbocycles. The van der Waals surface area contributed by atoms with Gasteiger partial charge in [0, 0.05) is 10.6 Å². The third-order valence-electron chi connectivity index (χ3n) is 2.96. The van der Waals surface area contributed by atoms with Gasteiger partial charge in [0.25, 0.3) is 0 Å². The molecule has 0 atom stereocenters. The zero-order valence-corrected chi connectivity index (χ0v) is 12.7. The van der Waals surface area contributed by atoms with Crippen molar-refractivity contribution in [1.82, 2.24) is 0 Å². The van der Waals surface area contributed by atoms with Gasteiger partial charge in [-0.1, -0.05) is 41.9 Å². The highest BCUT2D eigenvalue weighted by atomic mass is 35.5. The normalized spacial score (nSPS) is 11.6. The summed E-state index contributed by atoms with van der Waals surface area (Å²) in [5, 5.41) is 9.96. The summed E-state index contributed by atoms with van der Waals surface area (Å²) in [4.78, 5) is 12.1. The number of phenolic OH excluding ortho intramolecular Hbond substituents is 1. The number of rotatable bonds is 5. The molecule has 0 heterocycles. The van der Waals surface area contributed by atoms with Crippen molar-refractivity contribution in [2.75, 3.05) is 7.11 Å². The Bertz CT molecular complexity index is 718. The number of halogens is 1. The first kappa shape index (κ1) is 15.9. The number of allylic oxidation sites excluding steroid dienone is 3. The first-order valence-electron chi connectivity index (χ1n) is 6.62. The molecular formula is C18H15ClO3. The van der Waals surface area contributed by atoms with Crippen LogP contribution in [-0.4, -0.2) is 18.0 Å². The van der Waals surface area contributed by atoms with E-state index in [1.807, 2.05) is 30.3 Å². The molecule has 0 radical (unpaired) electrons. The highest BCUT2D eigenvalue weighted by Gasteiger charge is 2.07. The molecule has 0 aliphatic carbocycles. The van der Waals surface area contributed by atoms with Gasteiger partial charge >= 0.3 is 0 Å². The lowest BCUT2D eigenvalue weighted by atomic mass is 10.1. The Kier molecular flexibility index (Phi) is 5.39. The van der Waals surface area contributed by atoms with Crippen LogP contribution >= 0.6 is 11.6 Å². The summed E-state index contributed by atoms with van der Waals surface area (Å²) in [7, 11) is 1.43. The number of ether oxygens (including phenoxy) is 1. The van der Waals surface area contributed by atoms with E-state index in [0.717, 1.165) is 5.56 Å². The lowest BCUT2D eigenvalue weighted by Gasteiger charge is -2.04. The predicted molar refractivity (Wildman–Crippen MR) is 88.4 cm³/mol. The standard InChI is InChI=1S/C18H15ClO3/c1-22-18-12-14(7-9-17(18)21)16(20)10-8-15(19)11-13-5-3-2-4-6-13/h2-12,21H,1H3/b10-8+,15-11-. The molecule has 0 spiro atoms. The first-order valence-corrected chi connectivity index (χ1v) is 6.99. The van der Waals surface area contributed by atoms with Crippen LogP contribution in [0.1, 0.15) is 15.9 Å². The molecule has 0 aliphatic rings. The van der Waals surface area contributed by atoms with Crippen LogP contribution in [-0.2, 0) is 0 Å². The minimum absolute atomic E-state index is 0.00923. The third-order valence-corrected chi connectivity index (χ3v) is 3.20. The number of benzene rings is 2. The average molecular weight is 315 g/mol. The Morgan fingerprint density at radius 2 is 1.86 bits per heavy atom. The second kappa shape index (κ2) is 7.48. The molecular weight excluding hydrogens is 300 g/mol. The Morgan fingerprint density at radius 3 is 2.55 bits per heavy atom. The molecule has 2 aromatic rings. The molecule has 0 saturated heterocycles. The molecule has 2 rings (SSSR count). The Labute approximate surface area is 134 Å². The molecule has 112 valence electrons. The van der Waals surface area contributed by atoms with E-state index in [2.05, 4.69) is 0 Å². The van der Waals surface area contributed by atoms with E-state index in [4.69, 9.17) is 16.3 Å². The summed E-state index contributed by atoms with van der Waals surface area (Å²) in [6.45, 7) is 0. The van der Waals surface area contributed by atoms with Gasteiger partial charge < -0.3 is 9.84 Å². The van der Waals surface area contributed by atoms with Crippen LogP contribution in [0.3, 0.4) is 0 Å². The van der Waals surface area contributed by atoms with Crippen molar-refractivity contribution in [1.29, 1.82) is 0 Å². The molecule has 0 amide bonds. The van der Waals surface area contributed by atoms with Crippen molar-refractivity contribution in [2.45, 2.75) is 0 Å². The Balaban J connectivity index is 2.13. The van der Waals surface area contributed by atoms with E-state index in [1.54, 1.807) is 6.08 Å². The summed E-state index contributed by atoms with van der Waals surface area (Å²) in [6, 6.07) is 14.0. The Hall–Kier alpha value is -2.52. The molecule has 0 aromatic heterocycles. The van der Waals surface area contributed by atoms with Crippen molar-refractivity contribution in [3.63, 3.8) is 0 Å². The molecule has 3 nitrogen and oxygen atoms in total. The molecule has 22 heavy (non-hydrogen) atoms. The topological polar surface area (TPSA) is 46.5 Å². The molecule has 2 aromatic carbocycles. The summed E-state index contributed by atoms with van der Waals surface area (Å²) in [5.41, 5.74) is 1.37. The fourth-order valence-electron chi connectivity index (χ4n) is 1.84. The number of methoxy groups -OCH3 is 1. The van der Waals surface area contributed by atoms with E-state index in [9.17, 15) is 9.90 Å². The number of phenols is 1. The zero-order chi connectivity index (χ0) is 15.9. The monoisotopic (exact) mass is 314 g/mol. The zero-order valence-electron chi connectivity index (χ0n) is 12.0. The largest absolute Gasteiger partial charge is 0.504 e. The molecule has 0 fully saturated rings. The van der Waals surface area contributed by atoms with Crippen molar-refractivity contribution >= 4 is 23.5 Å². The van der Waals surface area contributed by atoms with Crippen LogP contribution < -0.4 is 4.74 Å². The Morgan fingerprint density at radius 1 is 1.14 bits per heavy atom. The van der Waals surface area contributed by atoms with E-state index < -0.39 is 0 Å². The molecule has 0 unspecified atom stereocenters. The predicted octanol–water partition coefficient (Wildman–Crippen LogP) is 4.42. The van der Waals surface area contributed by atoms with Crippen molar-refractivity contribution in [3.8, 4) is 11.5 Å². The van der Waals surface area contributed by atoms with Gasteiger partial charge in [0.05, 0.1) is 7.11 Å². The van der Waals surface area contributed by atoms with Gasteiger partial charge in [-0.25, -0.2) is 0 Å². The van der Waals surface area contributed by atoms with Gasteiger partial charge in [-0.3, -0.25) is 4.79 Å². The summed E-state index contributed by atoms with van der Waals surface area (Å²) < 4.78 is 4.98. The maximum atomic E-state index is 12.1. The van der Waals surface area contributed by atoms with Gasteiger partial charge in [-0.05, 0) is 42.0 Å². The quantitative estimate of drug-likeness (QED) is 0.505. The van der Waals surface area contributed by atoms with Gasteiger partial charge in [0.15, 0.2) is 17.3 Å². The average Bonchev–Trinajstić information content (AvgIpc) is 2.54. The van der Waals surface area contributed by atoms with Gasteiger partial charge in [-0.15, -0.1) is 0 Å². The molecule has 0 aliphatic heterocycles. The van der Waals surface area contributed by atoms with E-state index in [-0.39, 0.29) is 17.3 Å². The number of hydrogen-bond acceptors (Lipinski definition) is 3.